The van der Waals surface area contributed by atoms with Crippen LogP contribution in [0.3, 0.4) is 0 Å². The van der Waals surface area contributed by atoms with Crippen molar-refractivity contribution in [1.29, 1.82) is 0 Å². The number of hydrogen-bond acceptors (Lipinski definition) is 2. The topological polar surface area (TPSA) is 29.7 Å². The zero-order valence-corrected chi connectivity index (χ0v) is 7.96. The van der Waals surface area contributed by atoms with Crippen molar-refractivity contribution in [2.24, 2.45) is 4.99 Å². The molecule has 0 amide bonds. The van der Waals surface area contributed by atoms with Gasteiger partial charge in [-0.05, 0) is 25.1 Å². The van der Waals surface area contributed by atoms with Crippen LogP contribution in [0.4, 0.5) is 5.82 Å². The van der Waals surface area contributed by atoms with Crippen LogP contribution in [0, 0.1) is 0 Å². The summed E-state index contributed by atoms with van der Waals surface area (Å²) >= 11 is 0. The third-order valence-corrected chi connectivity index (χ3v) is 1.88. The Hall–Kier alpha value is -1.90. The van der Waals surface area contributed by atoms with Crippen molar-refractivity contribution < 1.29 is 0 Å². The fraction of sp³-hybridized carbons (Fsp3) is 0.0909. The molecule has 0 radical (unpaired) electrons. The summed E-state index contributed by atoms with van der Waals surface area (Å²) in [7, 11) is 0. The summed E-state index contributed by atoms with van der Waals surface area (Å²) in [6, 6.07) is 5.87. The van der Waals surface area contributed by atoms with Gasteiger partial charge in [-0.1, -0.05) is 12.1 Å². The molecule has 0 bridgehead atoms. The summed E-state index contributed by atoms with van der Waals surface area (Å²) in [4.78, 5) is 8.50. The van der Waals surface area contributed by atoms with Crippen molar-refractivity contribution in [2.45, 2.75) is 6.92 Å². The van der Waals surface area contributed by atoms with Crippen LogP contribution in [0.25, 0.3) is 5.65 Å². The molecular weight excluding hydrogens is 174 g/mol. The Bertz CT molecular complexity index is 480. The van der Waals surface area contributed by atoms with Gasteiger partial charge < -0.3 is 0 Å². The number of nitrogens with zero attached hydrogens (tertiary/aromatic N) is 3. The summed E-state index contributed by atoms with van der Waals surface area (Å²) in [5.74, 6) is 0.846. The average molecular weight is 185 g/mol. The molecule has 2 heterocycles. The zero-order chi connectivity index (χ0) is 9.80. The fourth-order valence-corrected chi connectivity index (χ4v) is 1.22. The smallest absolute Gasteiger partial charge is 0.156 e. The molecule has 0 aliphatic carbocycles. The summed E-state index contributed by atoms with van der Waals surface area (Å²) in [6.07, 6.45) is 9.30. The van der Waals surface area contributed by atoms with Gasteiger partial charge in [0.25, 0.3) is 0 Å². The molecule has 0 saturated carbocycles. The molecule has 0 aliphatic heterocycles. The van der Waals surface area contributed by atoms with Crippen LogP contribution in [-0.4, -0.2) is 15.6 Å². The summed E-state index contributed by atoms with van der Waals surface area (Å²) in [5, 5.41) is 0. The summed E-state index contributed by atoms with van der Waals surface area (Å²) in [6.45, 7) is 1.96. The Morgan fingerprint density at radius 1 is 1.43 bits per heavy atom. The molecule has 0 atom stereocenters. The first-order chi connectivity index (χ1) is 6.92. The van der Waals surface area contributed by atoms with Gasteiger partial charge >= 0.3 is 0 Å². The van der Waals surface area contributed by atoms with Crippen LogP contribution in [0.15, 0.2) is 47.7 Å². The monoisotopic (exact) mass is 185 g/mol. The van der Waals surface area contributed by atoms with Crippen LogP contribution in [-0.2, 0) is 0 Å². The minimum Gasteiger partial charge on any atom is -0.285 e. The number of aromatic nitrogens is 2. The number of hydrogen-bond donors (Lipinski definition) is 0. The van der Waals surface area contributed by atoms with Crippen molar-refractivity contribution in [3.05, 3.63) is 42.7 Å². The second-order valence-electron chi connectivity index (χ2n) is 2.85. The van der Waals surface area contributed by atoms with Gasteiger partial charge in [-0.15, -0.1) is 0 Å². The number of rotatable bonds is 2. The molecule has 0 N–H and O–H groups in total. The van der Waals surface area contributed by atoms with Gasteiger partial charge in [-0.2, -0.15) is 0 Å². The van der Waals surface area contributed by atoms with Gasteiger partial charge in [0.1, 0.15) is 5.65 Å². The first-order valence-electron chi connectivity index (χ1n) is 4.49. The van der Waals surface area contributed by atoms with Crippen molar-refractivity contribution in [3.8, 4) is 0 Å². The lowest BCUT2D eigenvalue weighted by Crippen LogP contribution is -1.81. The Kier molecular flexibility index (Phi) is 2.40. The molecule has 3 heteroatoms. The molecule has 2 aromatic heterocycles. The van der Waals surface area contributed by atoms with E-state index in [1.165, 1.54) is 0 Å². The third kappa shape index (κ3) is 1.57. The van der Waals surface area contributed by atoms with Gasteiger partial charge in [0.05, 0.1) is 6.20 Å². The van der Waals surface area contributed by atoms with Crippen molar-refractivity contribution in [1.82, 2.24) is 9.38 Å². The van der Waals surface area contributed by atoms with E-state index in [4.69, 9.17) is 0 Å². The van der Waals surface area contributed by atoms with E-state index < -0.39 is 0 Å². The third-order valence-electron chi connectivity index (χ3n) is 1.88. The number of imidazole rings is 1. The van der Waals surface area contributed by atoms with Gasteiger partial charge in [0.15, 0.2) is 5.82 Å². The summed E-state index contributed by atoms with van der Waals surface area (Å²) < 4.78 is 1.94. The highest BCUT2D eigenvalue weighted by atomic mass is 15.1. The maximum absolute atomic E-state index is 4.27. The predicted octanol–water partition coefficient (Wildman–Crippen LogP) is 2.61. The van der Waals surface area contributed by atoms with E-state index in [0.717, 1.165) is 11.5 Å². The fourth-order valence-electron chi connectivity index (χ4n) is 1.22. The Morgan fingerprint density at radius 2 is 2.36 bits per heavy atom. The van der Waals surface area contributed by atoms with E-state index in [0.29, 0.717) is 0 Å². The molecule has 0 aliphatic rings. The molecular formula is C11H11N3. The van der Waals surface area contributed by atoms with E-state index in [1.807, 2.05) is 47.9 Å². The Labute approximate surface area is 82.4 Å². The minimum atomic E-state index is 0.846. The van der Waals surface area contributed by atoms with E-state index >= 15 is 0 Å². The van der Waals surface area contributed by atoms with Crippen molar-refractivity contribution >= 4 is 17.7 Å². The second kappa shape index (κ2) is 3.87. The highest BCUT2D eigenvalue weighted by Gasteiger charge is 1.97. The summed E-state index contributed by atoms with van der Waals surface area (Å²) in [5.41, 5.74) is 0.917. The van der Waals surface area contributed by atoms with Gasteiger partial charge in [0, 0.05) is 12.4 Å². The van der Waals surface area contributed by atoms with Crippen LogP contribution in [0.2, 0.25) is 0 Å². The largest absolute Gasteiger partial charge is 0.285 e. The van der Waals surface area contributed by atoms with Gasteiger partial charge in [-0.25, -0.2) is 9.98 Å². The van der Waals surface area contributed by atoms with Crippen molar-refractivity contribution in [3.63, 3.8) is 0 Å². The van der Waals surface area contributed by atoms with Crippen LogP contribution in [0.5, 0.6) is 0 Å². The first kappa shape index (κ1) is 8.69. The normalized spacial score (nSPS) is 12.1. The second-order valence-corrected chi connectivity index (χ2v) is 2.85. The Balaban J connectivity index is 2.43. The number of aliphatic imine (C=N–C) groups is 1. The van der Waals surface area contributed by atoms with Crippen LogP contribution in [0.1, 0.15) is 6.92 Å². The predicted molar refractivity (Wildman–Crippen MR) is 58.2 cm³/mol. The number of pyridine rings is 1. The highest BCUT2D eigenvalue weighted by Crippen LogP contribution is 2.13. The quantitative estimate of drug-likeness (QED) is 0.661. The SMILES string of the molecule is CC=CC=Nc1cnc2ccccn12. The molecule has 0 fully saturated rings. The standard InChI is InChI=1S/C11H11N3/c1-2-3-7-12-11-9-13-10-6-4-5-8-14(10)11/h2-9H,1H3. The molecule has 0 unspecified atom stereocenters. The molecule has 3 nitrogen and oxygen atoms in total. The molecule has 0 aromatic carbocycles. The minimum absolute atomic E-state index is 0.846. The van der Waals surface area contributed by atoms with Gasteiger partial charge in [0.2, 0.25) is 0 Å². The lowest BCUT2D eigenvalue weighted by atomic mass is 10.5. The molecule has 70 valence electrons. The molecule has 14 heavy (non-hydrogen) atoms. The van der Waals surface area contributed by atoms with E-state index in [9.17, 15) is 0 Å². The first-order valence-corrected chi connectivity index (χ1v) is 4.49. The molecule has 0 spiro atoms. The van der Waals surface area contributed by atoms with E-state index in [1.54, 1.807) is 12.4 Å². The number of allylic oxidation sites excluding steroid dienone is 2. The maximum Gasteiger partial charge on any atom is 0.156 e. The van der Waals surface area contributed by atoms with Crippen LogP contribution < -0.4 is 0 Å². The molecule has 0 saturated heterocycles. The number of fused-ring (bicyclic) bond motifs is 1. The zero-order valence-electron chi connectivity index (χ0n) is 7.96. The lowest BCUT2D eigenvalue weighted by molar-refractivity contribution is 1.17. The van der Waals surface area contributed by atoms with Crippen molar-refractivity contribution in [2.75, 3.05) is 0 Å². The molecule has 2 aromatic rings. The average Bonchev–Trinajstić information content (AvgIpc) is 2.63. The Morgan fingerprint density at radius 3 is 3.21 bits per heavy atom. The van der Waals surface area contributed by atoms with E-state index in [2.05, 4.69) is 9.98 Å². The maximum atomic E-state index is 4.27. The van der Waals surface area contributed by atoms with Gasteiger partial charge in [-0.3, -0.25) is 4.40 Å². The highest BCUT2D eigenvalue weighted by molar-refractivity contribution is 5.74. The van der Waals surface area contributed by atoms with E-state index in [-0.39, 0.29) is 0 Å². The lowest BCUT2D eigenvalue weighted by Gasteiger charge is -1.93. The van der Waals surface area contributed by atoms with Crippen LogP contribution >= 0.6 is 0 Å². The molecule has 2 rings (SSSR count).